The quantitative estimate of drug-likeness (QED) is 0.806. The molecule has 1 aromatic rings. The van der Waals surface area contributed by atoms with Gasteiger partial charge in [0.05, 0.1) is 12.3 Å². The third-order valence-corrected chi connectivity index (χ3v) is 3.87. The first kappa shape index (κ1) is 12.8. The Bertz CT molecular complexity index is 502. The summed E-state index contributed by atoms with van der Waals surface area (Å²) in [7, 11) is 1.84. The van der Waals surface area contributed by atoms with Gasteiger partial charge in [-0.15, -0.1) is 0 Å². The molecular formula is C13H20N4O2. The fraction of sp³-hybridized carbons (Fsp3) is 0.692. The van der Waals surface area contributed by atoms with Crippen molar-refractivity contribution in [1.29, 1.82) is 0 Å². The summed E-state index contributed by atoms with van der Waals surface area (Å²) in [5.74, 6) is 0.656. The molecule has 0 bridgehead atoms. The molecule has 3 heterocycles. The average molecular weight is 264 g/mol. The van der Waals surface area contributed by atoms with Crippen LogP contribution in [0, 0.1) is 0 Å². The Kier molecular flexibility index (Phi) is 3.63. The van der Waals surface area contributed by atoms with Crippen LogP contribution in [-0.2, 0) is 11.3 Å². The highest BCUT2D eigenvalue weighted by Crippen LogP contribution is 2.28. The van der Waals surface area contributed by atoms with Crippen molar-refractivity contribution in [1.82, 2.24) is 20.2 Å². The third-order valence-electron chi connectivity index (χ3n) is 3.87. The Labute approximate surface area is 112 Å². The van der Waals surface area contributed by atoms with E-state index in [0.717, 1.165) is 25.4 Å². The molecule has 104 valence electrons. The van der Waals surface area contributed by atoms with Gasteiger partial charge in [0.1, 0.15) is 11.9 Å². The summed E-state index contributed by atoms with van der Waals surface area (Å²) < 4.78 is 5.87. The van der Waals surface area contributed by atoms with Gasteiger partial charge in [-0.1, -0.05) is 0 Å². The zero-order valence-electron chi connectivity index (χ0n) is 11.2. The zero-order valence-corrected chi connectivity index (χ0v) is 11.2. The summed E-state index contributed by atoms with van der Waals surface area (Å²) in [5, 5.41) is 3.01. The molecule has 2 fully saturated rings. The van der Waals surface area contributed by atoms with Crippen molar-refractivity contribution in [3.8, 4) is 0 Å². The second-order valence-electron chi connectivity index (χ2n) is 5.27. The molecule has 2 N–H and O–H groups in total. The lowest BCUT2D eigenvalue weighted by molar-refractivity contribution is -0.0543. The Balaban J connectivity index is 1.79. The van der Waals surface area contributed by atoms with Crippen molar-refractivity contribution in [3.63, 3.8) is 0 Å². The monoisotopic (exact) mass is 264 g/mol. The van der Waals surface area contributed by atoms with Gasteiger partial charge in [-0.3, -0.25) is 9.69 Å². The number of nitrogens with zero attached hydrogens (tertiary/aromatic N) is 2. The molecule has 2 atom stereocenters. The Morgan fingerprint density at radius 3 is 3.37 bits per heavy atom. The van der Waals surface area contributed by atoms with Gasteiger partial charge in [0.15, 0.2) is 0 Å². The first-order valence-corrected chi connectivity index (χ1v) is 6.86. The van der Waals surface area contributed by atoms with E-state index >= 15 is 0 Å². The van der Waals surface area contributed by atoms with E-state index in [1.165, 1.54) is 18.9 Å². The SMILES string of the molecule is CNCc1cc(=O)[nH]c(C2CN3CCCC3CO2)n1. The van der Waals surface area contributed by atoms with Crippen LogP contribution < -0.4 is 10.9 Å². The number of aromatic amines is 1. The number of hydrogen-bond acceptors (Lipinski definition) is 5. The van der Waals surface area contributed by atoms with E-state index in [-0.39, 0.29) is 11.7 Å². The molecule has 0 spiro atoms. The summed E-state index contributed by atoms with van der Waals surface area (Å²) in [4.78, 5) is 21.4. The van der Waals surface area contributed by atoms with Gasteiger partial charge in [0.2, 0.25) is 0 Å². The predicted octanol–water partition coefficient (Wildman–Crippen LogP) is 0.0250. The topological polar surface area (TPSA) is 70.2 Å². The summed E-state index contributed by atoms with van der Waals surface area (Å²) >= 11 is 0. The minimum atomic E-state index is -0.112. The van der Waals surface area contributed by atoms with E-state index in [0.29, 0.717) is 18.4 Å². The maximum Gasteiger partial charge on any atom is 0.251 e. The number of rotatable bonds is 3. The molecule has 3 rings (SSSR count). The molecule has 2 aliphatic heterocycles. The second-order valence-corrected chi connectivity index (χ2v) is 5.27. The number of ether oxygens (including phenoxy) is 1. The van der Waals surface area contributed by atoms with Crippen LogP contribution in [-0.4, -0.2) is 47.7 Å². The van der Waals surface area contributed by atoms with Crippen molar-refractivity contribution in [2.24, 2.45) is 0 Å². The van der Waals surface area contributed by atoms with Gasteiger partial charge >= 0.3 is 0 Å². The van der Waals surface area contributed by atoms with Gasteiger partial charge in [0, 0.05) is 25.2 Å². The number of aromatic nitrogens is 2. The van der Waals surface area contributed by atoms with E-state index < -0.39 is 0 Å². The van der Waals surface area contributed by atoms with E-state index in [1.54, 1.807) is 0 Å². The molecular weight excluding hydrogens is 244 g/mol. The van der Waals surface area contributed by atoms with Crippen LogP contribution in [0.1, 0.15) is 30.5 Å². The van der Waals surface area contributed by atoms with E-state index in [2.05, 4.69) is 20.2 Å². The molecule has 0 aliphatic carbocycles. The van der Waals surface area contributed by atoms with Gasteiger partial charge in [0.25, 0.3) is 5.56 Å². The first-order chi connectivity index (χ1) is 9.26. The smallest absolute Gasteiger partial charge is 0.251 e. The standard InChI is InChI=1S/C13H20N4O2/c1-14-6-9-5-12(18)16-13(15-9)11-7-17-4-2-3-10(17)8-19-11/h5,10-11,14H,2-4,6-8H2,1H3,(H,15,16,18). The number of fused-ring (bicyclic) bond motifs is 1. The molecule has 19 heavy (non-hydrogen) atoms. The fourth-order valence-corrected chi connectivity index (χ4v) is 2.94. The minimum absolute atomic E-state index is 0.109. The lowest BCUT2D eigenvalue weighted by Crippen LogP contribution is -2.43. The Hall–Kier alpha value is -1.24. The Morgan fingerprint density at radius 1 is 1.63 bits per heavy atom. The highest BCUT2D eigenvalue weighted by molar-refractivity contribution is 5.06. The van der Waals surface area contributed by atoms with Crippen molar-refractivity contribution in [3.05, 3.63) is 27.9 Å². The summed E-state index contributed by atoms with van der Waals surface area (Å²) in [6.07, 6.45) is 2.35. The van der Waals surface area contributed by atoms with Gasteiger partial charge < -0.3 is 15.0 Å². The van der Waals surface area contributed by atoms with E-state index in [9.17, 15) is 4.79 Å². The highest BCUT2D eigenvalue weighted by Gasteiger charge is 2.33. The summed E-state index contributed by atoms with van der Waals surface area (Å²) in [6, 6.07) is 2.09. The molecule has 2 saturated heterocycles. The normalized spacial score (nSPS) is 27.4. The van der Waals surface area contributed by atoms with Crippen LogP contribution in [0.5, 0.6) is 0 Å². The molecule has 0 saturated carbocycles. The van der Waals surface area contributed by atoms with Crippen LogP contribution in [0.15, 0.2) is 10.9 Å². The molecule has 2 aliphatic rings. The largest absolute Gasteiger partial charge is 0.367 e. The van der Waals surface area contributed by atoms with Gasteiger partial charge in [-0.05, 0) is 26.4 Å². The van der Waals surface area contributed by atoms with E-state index in [1.807, 2.05) is 7.05 Å². The molecule has 6 nitrogen and oxygen atoms in total. The van der Waals surface area contributed by atoms with Crippen LogP contribution in [0.3, 0.4) is 0 Å². The Morgan fingerprint density at radius 2 is 2.53 bits per heavy atom. The zero-order chi connectivity index (χ0) is 13.2. The third kappa shape index (κ3) is 2.70. The van der Waals surface area contributed by atoms with Crippen molar-refractivity contribution in [2.45, 2.75) is 31.5 Å². The second kappa shape index (κ2) is 5.40. The summed E-state index contributed by atoms with van der Waals surface area (Å²) in [5.41, 5.74) is 0.649. The average Bonchev–Trinajstić information content (AvgIpc) is 2.85. The first-order valence-electron chi connectivity index (χ1n) is 6.86. The number of morpholine rings is 1. The van der Waals surface area contributed by atoms with Crippen molar-refractivity contribution < 1.29 is 4.74 Å². The highest BCUT2D eigenvalue weighted by atomic mass is 16.5. The van der Waals surface area contributed by atoms with Crippen molar-refractivity contribution >= 4 is 0 Å². The summed E-state index contributed by atoms with van der Waals surface area (Å²) in [6.45, 7) is 3.29. The maximum atomic E-state index is 11.7. The molecule has 0 amide bonds. The van der Waals surface area contributed by atoms with Crippen LogP contribution in [0.4, 0.5) is 0 Å². The predicted molar refractivity (Wildman–Crippen MR) is 70.9 cm³/mol. The van der Waals surface area contributed by atoms with Gasteiger partial charge in [-0.25, -0.2) is 4.98 Å². The fourth-order valence-electron chi connectivity index (χ4n) is 2.94. The molecule has 6 heteroatoms. The lowest BCUT2D eigenvalue weighted by atomic mass is 10.2. The lowest BCUT2D eigenvalue weighted by Gasteiger charge is -2.34. The number of hydrogen-bond donors (Lipinski definition) is 2. The molecule has 0 aromatic carbocycles. The van der Waals surface area contributed by atoms with Crippen molar-refractivity contribution in [2.75, 3.05) is 26.7 Å². The molecule has 0 radical (unpaired) electrons. The minimum Gasteiger partial charge on any atom is -0.367 e. The van der Waals surface area contributed by atoms with Crippen LogP contribution in [0.2, 0.25) is 0 Å². The number of H-pyrrole nitrogens is 1. The molecule has 1 aromatic heterocycles. The number of nitrogens with one attached hydrogen (secondary N) is 2. The van der Waals surface area contributed by atoms with Gasteiger partial charge in [-0.2, -0.15) is 0 Å². The van der Waals surface area contributed by atoms with E-state index in [4.69, 9.17) is 4.74 Å². The maximum absolute atomic E-state index is 11.7. The molecule has 2 unspecified atom stereocenters. The van der Waals surface area contributed by atoms with Crippen LogP contribution >= 0.6 is 0 Å². The van der Waals surface area contributed by atoms with Crippen LogP contribution in [0.25, 0.3) is 0 Å².